The summed E-state index contributed by atoms with van der Waals surface area (Å²) >= 11 is 0. The molecule has 0 radical (unpaired) electrons. The molecule has 1 aromatic heterocycles. The van der Waals surface area contributed by atoms with Gasteiger partial charge in [0.25, 0.3) is 11.5 Å². The summed E-state index contributed by atoms with van der Waals surface area (Å²) in [5, 5.41) is 0. The highest BCUT2D eigenvalue weighted by Gasteiger charge is 2.34. The number of amides is 1. The predicted octanol–water partition coefficient (Wildman–Crippen LogP) is 3.15. The number of rotatable bonds is 4. The first-order valence-electron chi connectivity index (χ1n) is 9.00. The van der Waals surface area contributed by atoms with Crippen molar-refractivity contribution in [3.05, 3.63) is 82.1 Å². The van der Waals surface area contributed by atoms with Gasteiger partial charge in [0, 0.05) is 11.1 Å². The van der Waals surface area contributed by atoms with E-state index in [1.165, 1.54) is 0 Å². The summed E-state index contributed by atoms with van der Waals surface area (Å²) in [6, 6.07) is 19.1. The van der Waals surface area contributed by atoms with E-state index in [-0.39, 0.29) is 11.1 Å². The van der Waals surface area contributed by atoms with Crippen LogP contribution < -0.4 is 17.0 Å². The Morgan fingerprint density at radius 2 is 1.63 bits per heavy atom. The molecule has 3 aromatic rings. The number of aromatic nitrogens is 1. The number of primary amides is 1. The van der Waals surface area contributed by atoms with Crippen molar-refractivity contribution in [3.8, 4) is 22.4 Å². The predicted molar refractivity (Wildman–Crippen MR) is 106 cm³/mol. The van der Waals surface area contributed by atoms with E-state index in [1.807, 2.05) is 54.6 Å². The number of H-pyrrole nitrogens is 1. The van der Waals surface area contributed by atoms with Gasteiger partial charge in [0.15, 0.2) is 0 Å². The molecule has 5 nitrogen and oxygen atoms in total. The first-order valence-corrected chi connectivity index (χ1v) is 9.00. The number of nitrogens with one attached hydrogen (secondary N) is 1. The van der Waals surface area contributed by atoms with E-state index in [9.17, 15) is 9.59 Å². The third-order valence-corrected chi connectivity index (χ3v) is 5.39. The Balaban J connectivity index is 1.85. The van der Waals surface area contributed by atoms with Crippen LogP contribution in [0.2, 0.25) is 0 Å². The smallest absolute Gasteiger partial charge is 0.261 e. The molecule has 27 heavy (non-hydrogen) atoms. The third kappa shape index (κ3) is 3.06. The van der Waals surface area contributed by atoms with Crippen LogP contribution in [0.4, 0.5) is 0 Å². The lowest BCUT2D eigenvalue weighted by Gasteiger charge is -2.38. The van der Waals surface area contributed by atoms with Gasteiger partial charge in [-0.2, -0.15) is 0 Å². The summed E-state index contributed by atoms with van der Waals surface area (Å²) in [6.45, 7) is 0. The van der Waals surface area contributed by atoms with Crippen LogP contribution in [0.1, 0.15) is 35.2 Å². The maximum atomic E-state index is 12.3. The molecule has 5 N–H and O–H groups in total. The molecule has 1 aliphatic rings. The summed E-state index contributed by atoms with van der Waals surface area (Å²) in [5.41, 5.74) is 15.3. The molecule has 5 heteroatoms. The Bertz CT molecular complexity index is 1050. The number of pyridine rings is 1. The maximum absolute atomic E-state index is 12.3. The van der Waals surface area contributed by atoms with Gasteiger partial charge in [0.1, 0.15) is 5.56 Å². The fourth-order valence-electron chi connectivity index (χ4n) is 3.60. The quantitative estimate of drug-likeness (QED) is 0.667. The first kappa shape index (κ1) is 17.2. The minimum atomic E-state index is -0.745. The zero-order valence-corrected chi connectivity index (χ0v) is 14.9. The summed E-state index contributed by atoms with van der Waals surface area (Å²) in [6.07, 6.45) is 3.13. The minimum absolute atomic E-state index is 0.0513. The highest BCUT2D eigenvalue weighted by Crippen LogP contribution is 2.39. The molecular weight excluding hydrogens is 338 g/mol. The van der Waals surface area contributed by atoms with Crippen LogP contribution in [0.15, 0.2) is 65.5 Å². The molecule has 0 spiro atoms. The standard InChI is InChI=1S/C22H21N3O2/c23-20(26)18-13-17(14-5-2-1-3-6-14)19(25-21(18)27)15-7-9-16(10-8-15)22(24)11-4-12-22/h1-3,5-10,13H,4,11-12,24H2,(H2,23,26)(H,25,27). The van der Waals surface area contributed by atoms with Gasteiger partial charge >= 0.3 is 0 Å². The summed E-state index contributed by atoms with van der Waals surface area (Å²) < 4.78 is 0. The number of benzene rings is 2. The molecule has 0 bridgehead atoms. The van der Waals surface area contributed by atoms with Crippen LogP contribution in [0.25, 0.3) is 22.4 Å². The number of carbonyl (C=O) groups excluding carboxylic acids is 1. The molecule has 1 saturated carbocycles. The van der Waals surface area contributed by atoms with Gasteiger partial charge in [0.2, 0.25) is 0 Å². The van der Waals surface area contributed by atoms with Crippen LogP contribution in [0.5, 0.6) is 0 Å². The van der Waals surface area contributed by atoms with Crippen LogP contribution >= 0.6 is 0 Å². The van der Waals surface area contributed by atoms with Gasteiger partial charge in [-0.15, -0.1) is 0 Å². The Labute approximate surface area is 157 Å². The van der Waals surface area contributed by atoms with Crippen molar-refractivity contribution < 1.29 is 4.79 Å². The third-order valence-electron chi connectivity index (χ3n) is 5.39. The van der Waals surface area contributed by atoms with Gasteiger partial charge < -0.3 is 16.5 Å². The number of hydrogen-bond donors (Lipinski definition) is 3. The second kappa shape index (κ2) is 6.52. The Kier molecular flexibility index (Phi) is 4.16. The highest BCUT2D eigenvalue weighted by atomic mass is 16.2. The monoisotopic (exact) mass is 359 g/mol. The SMILES string of the molecule is NC(=O)c1cc(-c2ccccc2)c(-c2ccc(C3(N)CCC3)cc2)[nH]c1=O. The zero-order valence-electron chi connectivity index (χ0n) is 14.9. The van der Waals surface area contributed by atoms with Crippen molar-refractivity contribution in [2.24, 2.45) is 11.5 Å². The second-order valence-electron chi connectivity index (χ2n) is 7.12. The zero-order chi connectivity index (χ0) is 19.0. The molecular formula is C22H21N3O2. The molecule has 4 rings (SSSR count). The fourth-order valence-corrected chi connectivity index (χ4v) is 3.60. The normalized spacial score (nSPS) is 15.1. The van der Waals surface area contributed by atoms with Crippen molar-refractivity contribution in [1.29, 1.82) is 0 Å². The highest BCUT2D eigenvalue weighted by molar-refractivity contribution is 5.95. The van der Waals surface area contributed by atoms with E-state index in [2.05, 4.69) is 4.98 Å². The molecule has 136 valence electrons. The Morgan fingerprint density at radius 1 is 0.963 bits per heavy atom. The molecule has 2 aromatic carbocycles. The van der Waals surface area contributed by atoms with Gasteiger partial charge in [-0.3, -0.25) is 9.59 Å². The lowest BCUT2D eigenvalue weighted by atomic mass is 9.72. The van der Waals surface area contributed by atoms with Crippen LogP contribution in [0.3, 0.4) is 0 Å². The van der Waals surface area contributed by atoms with E-state index in [1.54, 1.807) is 6.07 Å². The van der Waals surface area contributed by atoms with Crippen LogP contribution in [0, 0.1) is 0 Å². The van der Waals surface area contributed by atoms with Crippen molar-refractivity contribution in [1.82, 2.24) is 4.98 Å². The van der Waals surface area contributed by atoms with E-state index in [0.717, 1.165) is 41.5 Å². The van der Waals surface area contributed by atoms with Gasteiger partial charge in [-0.05, 0) is 42.0 Å². The molecule has 1 amide bonds. The van der Waals surface area contributed by atoms with E-state index >= 15 is 0 Å². The van der Waals surface area contributed by atoms with Gasteiger partial charge in [0.05, 0.1) is 5.69 Å². The molecule has 1 heterocycles. The Hall–Kier alpha value is -3.18. The molecule has 0 unspecified atom stereocenters. The molecule has 1 aliphatic carbocycles. The van der Waals surface area contributed by atoms with E-state index in [0.29, 0.717) is 5.69 Å². The summed E-state index contributed by atoms with van der Waals surface area (Å²) in [4.78, 5) is 26.8. The van der Waals surface area contributed by atoms with E-state index in [4.69, 9.17) is 11.5 Å². The van der Waals surface area contributed by atoms with Gasteiger partial charge in [-0.25, -0.2) is 0 Å². The molecule has 0 saturated heterocycles. The number of hydrogen-bond acceptors (Lipinski definition) is 3. The maximum Gasteiger partial charge on any atom is 0.261 e. The number of aromatic amines is 1. The molecule has 0 aliphatic heterocycles. The summed E-state index contributed by atoms with van der Waals surface area (Å²) in [5.74, 6) is -0.745. The van der Waals surface area contributed by atoms with Crippen molar-refractivity contribution in [2.45, 2.75) is 24.8 Å². The van der Waals surface area contributed by atoms with Crippen LogP contribution in [-0.4, -0.2) is 10.9 Å². The van der Waals surface area contributed by atoms with E-state index < -0.39 is 11.5 Å². The average Bonchev–Trinajstić information content (AvgIpc) is 2.66. The van der Waals surface area contributed by atoms with Gasteiger partial charge in [-0.1, -0.05) is 54.6 Å². The average molecular weight is 359 g/mol. The Morgan fingerprint density at radius 3 is 2.19 bits per heavy atom. The summed E-state index contributed by atoms with van der Waals surface area (Å²) in [7, 11) is 0. The minimum Gasteiger partial charge on any atom is -0.365 e. The van der Waals surface area contributed by atoms with Crippen LogP contribution in [-0.2, 0) is 5.54 Å². The largest absolute Gasteiger partial charge is 0.365 e. The molecule has 1 fully saturated rings. The van der Waals surface area contributed by atoms with Crippen molar-refractivity contribution in [3.63, 3.8) is 0 Å². The molecule has 0 atom stereocenters. The van der Waals surface area contributed by atoms with Crippen molar-refractivity contribution in [2.75, 3.05) is 0 Å². The van der Waals surface area contributed by atoms with Crippen molar-refractivity contribution >= 4 is 5.91 Å². The second-order valence-corrected chi connectivity index (χ2v) is 7.12. The fraction of sp³-hybridized carbons (Fsp3) is 0.182. The first-order chi connectivity index (χ1) is 13.0. The lowest BCUT2D eigenvalue weighted by Crippen LogP contribution is -2.43. The number of carbonyl (C=O) groups is 1. The topological polar surface area (TPSA) is 102 Å². The lowest BCUT2D eigenvalue weighted by molar-refractivity contribution is 0.0999. The number of nitrogens with two attached hydrogens (primary N) is 2.